The van der Waals surface area contributed by atoms with E-state index in [1.54, 1.807) is 30.5 Å². The first kappa shape index (κ1) is 22.9. The number of fused-ring (bicyclic) bond motifs is 1. The molecule has 0 radical (unpaired) electrons. The molecule has 1 amide bonds. The minimum atomic E-state index is -1.28. The Morgan fingerprint density at radius 2 is 1.97 bits per heavy atom. The smallest absolute Gasteiger partial charge is 0.252 e. The molecular weight excluding hydrogens is 494 g/mol. The van der Waals surface area contributed by atoms with Gasteiger partial charge in [-0.1, -0.05) is 0 Å². The SMILES string of the molecule is CC(C)NC(=O)c1cc2c(-c3ccc(S(=O)N4CCN(C)CC4)cn3)c(O)[nH]c2cc1Br. The molecule has 3 aromatic rings. The van der Waals surface area contributed by atoms with Crippen molar-refractivity contribution in [3.63, 3.8) is 0 Å². The molecule has 8 nitrogen and oxygen atoms in total. The molecule has 170 valence electrons. The van der Waals surface area contributed by atoms with Gasteiger partial charge in [-0.15, -0.1) is 0 Å². The first-order chi connectivity index (χ1) is 15.2. The molecule has 4 rings (SSSR count). The molecule has 32 heavy (non-hydrogen) atoms. The number of piperazine rings is 1. The van der Waals surface area contributed by atoms with Crippen LogP contribution >= 0.6 is 15.9 Å². The monoisotopic (exact) mass is 519 g/mol. The highest BCUT2D eigenvalue weighted by Crippen LogP contribution is 2.38. The van der Waals surface area contributed by atoms with Gasteiger partial charge in [0.15, 0.2) is 5.88 Å². The van der Waals surface area contributed by atoms with Crippen LogP contribution in [0.1, 0.15) is 24.2 Å². The van der Waals surface area contributed by atoms with Crippen molar-refractivity contribution in [2.75, 3.05) is 33.2 Å². The molecule has 3 heterocycles. The lowest BCUT2D eigenvalue weighted by Crippen LogP contribution is -2.45. The van der Waals surface area contributed by atoms with Gasteiger partial charge in [0.2, 0.25) is 0 Å². The number of aromatic nitrogens is 2. The fourth-order valence-corrected chi connectivity index (χ4v) is 5.35. The van der Waals surface area contributed by atoms with Gasteiger partial charge in [-0.25, -0.2) is 8.51 Å². The predicted molar refractivity (Wildman–Crippen MR) is 129 cm³/mol. The first-order valence-corrected chi connectivity index (χ1v) is 12.3. The number of carbonyl (C=O) groups excluding carboxylic acids is 1. The highest BCUT2D eigenvalue weighted by Gasteiger charge is 2.22. The third-order valence-electron chi connectivity index (χ3n) is 5.42. The predicted octanol–water partition coefficient (Wildman–Crippen LogP) is 3.11. The molecule has 1 atom stereocenters. The minimum Gasteiger partial charge on any atom is -0.494 e. The number of rotatable bonds is 5. The van der Waals surface area contributed by atoms with Crippen molar-refractivity contribution in [2.45, 2.75) is 24.8 Å². The quantitative estimate of drug-likeness (QED) is 0.480. The molecule has 2 aromatic heterocycles. The van der Waals surface area contributed by atoms with E-state index in [1.165, 1.54) is 0 Å². The second-order valence-electron chi connectivity index (χ2n) is 8.22. The van der Waals surface area contributed by atoms with Gasteiger partial charge >= 0.3 is 0 Å². The summed E-state index contributed by atoms with van der Waals surface area (Å²) in [6.45, 7) is 7.03. The van der Waals surface area contributed by atoms with Gasteiger partial charge in [0, 0.05) is 48.3 Å². The number of nitrogens with one attached hydrogen (secondary N) is 2. The molecule has 0 saturated carbocycles. The minimum absolute atomic E-state index is 0.000389. The van der Waals surface area contributed by atoms with Gasteiger partial charge in [0.25, 0.3) is 5.91 Å². The number of hydrogen-bond acceptors (Lipinski definition) is 5. The lowest BCUT2D eigenvalue weighted by molar-refractivity contribution is 0.0942. The van der Waals surface area contributed by atoms with E-state index in [1.807, 2.05) is 18.2 Å². The van der Waals surface area contributed by atoms with Gasteiger partial charge < -0.3 is 20.3 Å². The molecule has 1 saturated heterocycles. The highest BCUT2D eigenvalue weighted by molar-refractivity contribution is 9.10. The molecule has 1 aromatic carbocycles. The molecule has 10 heteroatoms. The van der Waals surface area contributed by atoms with Crippen LogP contribution in [0.2, 0.25) is 0 Å². The molecule has 0 aliphatic carbocycles. The van der Waals surface area contributed by atoms with Crippen molar-refractivity contribution < 1.29 is 14.1 Å². The molecule has 1 aliphatic heterocycles. The Hall–Kier alpha value is -2.27. The highest BCUT2D eigenvalue weighted by atomic mass is 79.9. The number of aromatic amines is 1. The van der Waals surface area contributed by atoms with E-state index < -0.39 is 11.0 Å². The summed E-state index contributed by atoms with van der Waals surface area (Å²) in [7, 11) is 0.780. The van der Waals surface area contributed by atoms with E-state index in [4.69, 9.17) is 0 Å². The van der Waals surface area contributed by atoms with Crippen LogP contribution < -0.4 is 5.32 Å². The maximum absolute atomic E-state index is 12.9. The fraction of sp³-hybridized carbons (Fsp3) is 0.364. The van der Waals surface area contributed by atoms with Gasteiger partial charge in [-0.05, 0) is 61.1 Å². The van der Waals surface area contributed by atoms with Gasteiger partial charge in [-0.3, -0.25) is 9.78 Å². The normalized spacial score (nSPS) is 16.5. The first-order valence-electron chi connectivity index (χ1n) is 10.4. The number of H-pyrrole nitrogens is 1. The Morgan fingerprint density at radius 3 is 2.59 bits per heavy atom. The van der Waals surface area contributed by atoms with Crippen LogP contribution in [0, 0.1) is 0 Å². The summed E-state index contributed by atoms with van der Waals surface area (Å²) in [6.07, 6.45) is 1.59. The number of benzene rings is 1. The number of hydrogen-bond donors (Lipinski definition) is 3. The summed E-state index contributed by atoms with van der Waals surface area (Å²) >= 11 is 3.45. The van der Waals surface area contributed by atoms with Crippen molar-refractivity contribution in [2.24, 2.45) is 0 Å². The van der Waals surface area contributed by atoms with Gasteiger partial charge in [-0.2, -0.15) is 0 Å². The lowest BCUT2D eigenvalue weighted by atomic mass is 10.1. The number of amides is 1. The average Bonchev–Trinajstić information content (AvgIpc) is 3.07. The molecule has 0 spiro atoms. The Balaban J connectivity index is 1.66. The fourth-order valence-electron chi connectivity index (χ4n) is 3.71. The van der Waals surface area contributed by atoms with Crippen LogP contribution in [-0.4, -0.2) is 73.7 Å². The Labute approximate surface area is 197 Å². The third kappa shape index (κ3) is 4.59. The molecule has 1 fully saturated rings. The molecule has 0 bridgehead atoms. The van der Waals surface area contributed by atoms with Crippen LogP contribution in [0.4, 0.5) is 0 Å². The largest absolute Gasteiger partial charge is 0.494 e. The van der Waals surface area contributed by atoms with E-state index in [2.05, 4.69) is 43.2 Å². The van der Waals surface area contributed by atoms with Crippen molar-refractivity contribution in [1.29, 1.82) is 0 Å². The number of carbonyl (C=O) groups is 1. The zero-order chi connectivity index (χ0) is 23.0. The number of pyridine rings is 1. The Bertz CT molecular complexity index is 1170. The second kappa shape index (κ2) is 9.30. The number of aromatic hydroxyl groups is 1. The number of likely N-dealkylation sites (N-methyl/N-ethyl adjacent to an activating group) is 1. The van der Waals surface area contributed by atoms with Gasteiger partial charge in [0.1, 0.15) is 11.0 Å². The zero-order valence-electron chi connectivity index (χ0n) is 18.2. The van der Waals surface area contributed by atoms with E-state index in [0.29, 0.717) is 37.1 Å². The maximum atomic E-state index is 12.9. The zero-order valence-corrected chi connectivity index (χ0v) is 20.6. The van der Waals surface area contributed by atoms with E-state index in [9.17, 15) is 14.1 Å². The molecular formula is C22H26BrN5O3S. The maximum Gasteiger partial charge on any atom is 0.252 e. The van der Waals surface area contributed by atoms with Gasteiger partial charge in [0.05, 0.1) is 27.2 Å². The van der Waals surface area contributed by atoms with E-state index in [0.717, 1.165) is 26.2 Å². The topological polar surface area (TPSA) is 102 Å². The number of nitrogens with zero attached hydrogens (tertiary/aromatic N) is 3. The van der Waals surface area contributed by atoms with Crippen molar-refractivity contribution in [3.8, 4) is 17.1 Å². The second-order valence-corrected chi connectivity index (χ2v) is 10.6. The number of halogens is 1. The average molecular weight is 520 g/mol. The summed E-state index contributed by atoms with van der Waals surface area (Å²) in [5.41, 5.74) is 2.19. The molecule has 3 N–H and O–H groups in total. The van der Waals surface area contributed by atoms with Crippen molar-refractivity contribution >= 4 is 43.7 Å². The van der Waals surface area contributed by atoms with Crippen LogP contribution in [0.15, 0.2) is 39.8 Å². The van der Waals surface area contributed by atoms with E-state index in [-0.39, 0.29) is 17.8 Å². The summed E-state index contributed by atoms with van der Waals surface area (Å²) in [5, 5.41) is 14.1. The summed E-state index contributed by atoms with van der Waals surface area (Å²) in [4.78, 5) is 22.9. The third-order valence-corrected chi connectivity index (χ3v) is 7.56. The molecule has 1 unspecified atom stereocenters. The standard InChI is InChI=1S/C22H26BrN5O3S/c1-13(2)25-21(29)15-10-16-19(11-17(15)23)26-22(30)20(16)18-5-4-14(12-24-18)32(31)28-8-6-27(3)7-9-28/h4-5,10-13,26,30H,6-9H2,1-3H3,(H,25,29). The lowest BCUT2D eigenvalue weighted by Gasteiger charge is -2.31. The van der Waals surface area contributed by atoms with Crippen LogP contribution in [-0.2, 0) is 11.0 Å². The van der Waals surface area contributed by atoms with Crippen LogP contribution in [0.25, 0.3) is 22.2 Å². The van der Waals surface area contributed by atoms with Crippen molar-refractivity contribution in [3.05, 3.63) is 40.5 Å². The Kier molecular flexibility index (Phi) is 6.66. The molecule has 1 aliphatic rings. The van der Waals surface area contributed by atoms with E-state index >= 15 is 0 Å². The summed E-state index contributed by atoms with van der Waals surface area (Å²) in [5.74, 6) is -0.236. The summed E-state index contributed by atoms with van der Waals surface area (Å²) in [6, 6.07) is 7.03. The van der Waals surface area contributed by atoms with Crippen LogP contribution in [0.5, 0.6) is 5.88 Å². The van der Waals surface area contributed by atoms with Crippen LogP contribution in [0.3, 0.4) is 0 Å². The summed E-state index contributed by atoms with van der Waals surface area (Å²) < 4.78 is 15.5. The van der Waals surface area contributed by atoms with Crippen molar-refractivity contribution in [1.82, 2.24) is 24.5 Å². The Morgan fingerprint density at radius 1 is 1.25 bits per heavy atom.